The zero-order valence-corrected chi connectivity index (χ0v) is 15.7. The van der Waals surface area contributed by atoms with Crippen molar-refractivity contribution < 1.29 is 4.79 Å². The predicted molar refractivity (Wildman–Crippen MR) is 106 cm³/mol. The van der Waals surface area contributed by atoms with Crippen LogP contribution in [0.15, 0.2) is 47.4 Å². The van der Waals surface area contributed by atoms with Gasteiger partial charge in [-0.3, -0.25) is 9.59 Å². The molecule has 2 aliphatic heterocycles. The van der Waals surface area contributed by atoms with Crippen LogP contribution in [0.1, 0.15) is 25.0 Å². The van der Waals surface area contributed by atoms with E-state index in [1.807, 2.05) is 16.5 Å². The standard InChI is InChI=1S/C22H23N3O2/c1-14(26)24-11-15-7-19(13-24)21-9-18(10-22(27)25(21)12-15)16-3-4-20-17(8-16)5-6-23(20)2/h3-6,8-10,15,19H,7,11-13H2,1-2H3/t15-,19+/m0/s1. The summed E-state index contributed by atoms with van der Waals surface area (Å²) in [5.74, 6) is 0.755. The van der Waals surface area contributed by atoms with E-state index in [9.17, 15) is 9.59 Å². The van der Waals surface area contributed by atoms with Gasteiger partial charge in [-0.15, -0.1) is 0 Å². The molecule has 138 valence electrons. The second-order valence-electron chi connectivity index (χ2n) is 8.04. The van der Waals surface area contributed by atoms with Crippen molar-refractivity contribution in [2.45, 2.75) is 25.8 Å². The van der Waals surface area contributed by atoms with E-state index in [1.165, 1.54) is 10.9 Å². The molecule has 0 N–H and O–H groups in total. The number of aromatic nitrogens is 2. The normalized spacial score (nSPS) is 21.3. The molecule has 2 bridgehead atoms. The first-order valence-corrected chi connectivity index (χ1v) is 9.55. The molecular formula is C22H23N3O2. The number of benzene rings is 1. The summed E-state index contributed by atoms with van der Waals surface area (Å²) in [7, 11) is 2.04. The summed E-state index contributed by atoms with van der Waals surface area (Å²) in [5.41, 5.74) is 4.36. The highest BCUT2D eigenvalue weighted by atomic mass is 16.2. The third-order valence-electron chi connectivity index (χ3n) is 6.22. The first-order chi connectivity index (χ1) is 13.0. The molecule has 3 aromatic rings. The summed E-state index contributed by atoms with van der Waals surface area (Å²) in [6, 6.07) is 12.4. The van der Waals surface area contributed by atoms with Crippen LogP contribution in [0, 0.1) is 5.92 Å². The smallest absolute Gasteiger partial charge is 0.251 e. The highest BCUT2D eigenvalue weighted by Crippen LogP contribution is 2.36. The zero-order chi connectivity index (χ0) is 18.7. The first-order valence-electron chi connectivity index (χ1n) is 9.55. The Hall–Kier alpha value is -2.82. The summed E-state index contributed by atoms with van der Waals surface area (Å²) in [4.78, 5) is 26.7. The fourth-order valence-corrected chi connectivity index (χ4v) is 4.84. The maximum absolute atomic E-state index is 12.9. The number of hydrogen-bond donors (Lipinski definition) is 0. The third-order valence-corrected chi connectivity index (χ3v) is 6.22. The molecule has 5 heteroatoms. The number of piperidine rings is 1. The third kappa shape index (κ3) is 2.60. The van der Waals surface area contributed by atoms with Crippen LogP contribution >= 0.6 is 0 Å². The number of pyridine rings is 1. The van der Waals surface area contributed by atoms with Crippen molar-refractivity contribution in [2.24, 2.45) is 13.0 Å². The molecule has 4 heterocycles. The van der Waals surface area contributed by atoms with Gasteiger partial charge in [-0.05, 0) is 47.7 Å². The first kappa shape index (κ1) is 16.4. The molecule has 2 aromatic heterocycles. The maximum Gasteiger partial charge on any atom is 0.251 e. The van der Waals surface area contributed by atoms with Gasteiger partial charge in [0.1, 0.15) is 0 Å². The maximum atomic E-state index is 12.9. The lowest BCUT2D eigenvalue weighted by atomic mass is 9.82. The number of amides is 1. The monoisotopic (exact) mass is 361 g/mol. The average molecular weight is 361 g/mol. The summed E-state index contributed by atoms with van der Waals surface area (Å²) in [6.07, 6.45) is 3.11. The van der Waals surface area contributed by atoms with E-state index in [0.29, 0.717) is 19.0 Å². The van der Waals surface area contributed by atoms with Crippen LogP contribution in [0.5, 0.6) is 0 Å². The molecule has 1 amide bonds. The molecule has 2 atom stereocenters. The van der Waals surface area contributed by atoms with Crippen molar-refractivity contribution in [3.8, 4) is 11.1 Å². The molecule has 0 aliphatic carbocycles. The fourth-order valence-electron chi connectivity index (χ4n) is 4.84. The topological polar surface area (TPSA) is 47.2 Å². The Morgan fingerprint density at radius 2 is 1.89 bits per heavy atom. The lowest BCUT2D eigenvalue weighted by molar-refractivity contribution is -0.131. The molecule has 5 nitrogen and oxygen atoms in total. The van der Waals surface area contributed by atoms with Crippen LogP contribution in [-0.2, 0) is 18.4 Å². The van der Waals surface area contributed by atoms with Gasteiger partial charge in [-0.1, -0.05) is 6.07 Å². The molecule has 5 rings (SSSR count). The number of aryl methyl sites for hydroxylation is 1. The number of carbonyl (C=O) groups excluding carboxylic acids is 1. The van der Waals surface area contributed by atoms with Gasteiger partial charge in [-0.2, -0.15) is 0 Å². The van der Waals surface area contributed by atoms with Gasteiger partial charge in [0.2, 0.25) is 5.91 Å². The Bertz CT molecular complexity index is 1120. The lowest BCUT2D eigenvalue weighted by Crippen LogP contribution is -2.48. The largest absolute Gasteiger partial charge is 0.351 e. The number of rotatable bonds is 1. The van der Waals surface area contributed by atoms with E-state index in [2.05, 4.69) is 41.1 Å². The van der Waals surface area contributed by atoms with Crippen LogP contribution in [0.3, 0.4) is 0 Å². The van der Waals surface area contributed by atoms with Crippen molar-refractivity contribution in [1.29, 1.82) is 0 Å². The van der Waals surface area contributed by atoms with Crippen LogP contribution in [0.4, 0.5) is 0 Å². The van der Waals surface area contributed by atoms with Crippen LogP contribution in [0.25, 0.3) is 22.0 Å². The Balaban J connectivity index is 1.60. The van der Waals surface area contributed by atoms with E-state index in [1.54, 1.807) is 13.0 Å². The number of nitrogens with zero attached hydrogens (tertiary/aromatic N) is 3. The van der Waals surface area contributed by atoms with E-state index >= 15 is 0 Å². The Kier molecular flexibility index (Phi) is 3.54. The van der Waals surface area contributed by atoms with E-state index in [0.717, 1.165) is 29.8 Å². The van der Waals surface area contributed by atoms with Crippen molar-refractivity contribution in [1.82, 2.24) is 14.0 Å². The lowest BCUT2D eigenvalue weighted by Gasteiger charge is -2.42. The van der Waals surface area contributed by atoms with Gasteiger partial charge in [0.05, 0.1) is 0 Å². The van der Waals surface area contributed by atoms with Gasteiger partial charge in [0.25, 0.3) is 5.56 Å². The summed E-state index contributed by atoms with van der Waals surface area (Å²) in [5, 5.41) is 1.17. The SMILES string of the molecule is CC(=O)N1C[C@@H]2C[C@H](C1)c1cc(-c3ccc4c(ccn4C)c3)cc(=O)n1C2. The van der Waals surface area contributed by atoms with E-state index < -0.39 is 0 Å². The summed E-state index contributed by atoms with van der Waals surface area (Å²) in [6.45, 7) is 3.84. The second-order valence-corrected chi connectivity index (χ2v) is 8.04. The highest BCUT2D eigenvalue weighted by Gasteiger charge is 2.35. The number of carbonyl (C=O) groups is 1. The fraction of sp³-hybridized carbons (Fsp3) is 0.364. The van der Waals surface area contributed by atoms with Gasteiger partial charge >= 0.3 is 0 Å². The molecular weight excluding hydrogens is 338 g/mol. The Morgan fingerprint density at radius 3 is 2.70 bits per heavy atom. The second kappa shape index (κ2) is 5.84. The summed E-state index contributed by atoms with van der Waals surface area (Å²) >= 11 is 0. The number of likely N-dealkylation sites (tertiary alicyclic amines) is 1. The van der Waals surface area contributed by atoms with Gasteiger partial charge in [0.15, 0.2) is 0 Å². The van der Waals surface area contributed by atoms with Gasteiger partial charge in [0, 0.05) is 68.4 Å². The minimum Gasteiger partial charge on any atom is -0.351 e. The molecule has 0 spiro atoms. The van der Waals surface area contributed by atoms with Crippen molar-refractivity contribution in [2.75, 3.05) is 13.1 Å². The Morgan fingerprint density at radius 1 is 1.04 bits per heavy atom. The van der Waals surface area contributed by atoms with Crippen molar-refractivity contribution in [3.63, 3.8) is 0 Å². The Labute approximate surface area is 157 Å². The van der Waals surface area contributed by atoms with Crippen LogP contribution < -0.4 is 5.56 Å². The molecule has 2 aliphatic rings. The number of hydrogen-bond acceptors (Lipinski definition) is 2. The molecule has 27 heavy (non-hydrogen) atoms. The molecule has 1 aromatic carbocycles. The minimum absolute atomic E-state index is 0.0710. The van der Waals surface area contributed by atoms with Crippen molar-refractivity contribution >= 4 is 16.8 Å². The quantitative estimate of drug-likeness (QED) is 0.669. The van der Waals surface area contributed by atoms with E-state index in [-0.39, 0.29) is 17.4 Å². The zero-order valence-electron chi connectivity index (χ0n) is 15.7. The molecule has 0 radical (unpaired) electrons. The average Bonchev–Trinajstić information content (AvgIpc) is 3.02. The van der Waals surface area contributed by atoms with Crippen LogP contribution in [0.2, 0.25) is 0 Å². The predicted octanol–water partition coefficient (Wildman–Crippen LogP) is 2.97. The van der Waals surface area contributed by atoms with E-state index in [4.69, 9.17) is 0 Å². The molecule has 0 unspecified atom stereocenters. The molecule has 1 saturated heterocycles. The highest BCUT2D eigenvalue weighted by molar-refractivity contribution is 5.85. The van der Waals surface area contributed by atoms with Gasteiger partial charge in [-0.25, -0.2) is 0 Å². The van der Waals surface area contributed by atoms with Crippen LogP contribution in [-0.4, -0.2) is 33.0 Å². The number of fused-ring (bicyclic) bond motifs is 5. The minimum atomic E-state index is 0.0710. The molecule has 1 fully saturated rings. The molecule has 0 saturated carbocycles. The van der Waals surface area contributed by atoms with Crippen molar-refractivity contribution in [3.05, 3.63) is 58.6 Å². The van der Waals surface area contributed by atoms with Gasteiger partial charge < -0.3 is 14.0 Å². The summed E-state index contributed by atoms with van der Waals surface area (Å²) < 4.78 is 4.03.